The molecule has 3 heteroatoms. The standard InChI is InChI=1S/C14H21N2O/c1-2-14(17)16-10-8-15(9-11-16)12-13-6-4-3-5-7-13/h3-7,14H,2,8-12H2,1H3. The van der Waals surface area contributed by atoms with Gasteiger partial charge >= 0.3 is 0 Å². The molecule has 1 aromatic rings. The van der Waals surface area contributed by atoms with Gasteiger partial charge in [0.15, 0.2) is 0 Å². The van der Waals surface area contributed by atoms with Gasteiger partial charge in [0.05, 0.1) is 0 Å². The number of nitrogens with zero attached hydrogens (tertiary/aromatic N) is 2. The molecule has 1 aliphatic heterocycles. The van der Waals surface area contributed by atoms with Gasteiger partial charge in [0.2, 0.25) is 0 Å². The lowest BCUT2D eigenvalue weighted by atomic mass is 10.2. The molecule has 0 N–H and O–H groups in total. The van der Waals surface area contributed by atoms with Crippen LogP contribution in [0.3, 0.4) is 0 Å². The Morgan fingerprint density at radius 2 is 1.76 bits per heavy atom. The topological polar surface area (TPSA) is 26.4 Å². The van der Waals surface area contributed by atoms with Gasteiger partial charge in [-0.25, -0.2) is 5.11 Å². The molecule has 0 aromatic heterocycles. The third-order valence-electron chi connectivity index (χ3n) is 3.41. The zero-order valence-electron chi connectivity index (χ0n) is 10.5. The van der Waals surface area contributed by atoms with Gasteiger partial charge < -0.3 is 0 Å². The van der Waals surface area contributed by atoms with Crippen molar-refractivity contribution in [2.75, 3.05) is 26.2 Å². The molecular weight excluding hydrogens is 212 g/mol. The van der Waals surface area contributed by atoms with Crippen LogP contribution in [0, 0.1) is 0 Å². The van der Waals surface area contributed by atoms with Gasteiger partial charge in [0.25, 0.3) is 0 Å². The van der Waals surface area contributed by atoms with Gasteiger partial charge in [-0.3, -0.25) is 9.80 Å². The molecule has 1 fully saturated rings. The van der Waals surface area contributed by atoms with Crippen LogP contribution in [0.5, 0.6) is 0 Å². The van der Waals surface area contributed by atoms with E-state index in [2.05, 4.69) is 34.1 Å². The number of hydrogen-bond acceptors (Lipinski definition) is 2. The number of benzene rings is 1. The molecular formula is C14H21N2O. The van der Waals surface area contributed by atoms with Crippen molar-refractivity contribution >= 4 is 0 Å². The Balaban J connectivity index is 1.80. The first-order valence-corrected chi connectivity index (χ1v) is 6.45. The van der Waals surface area contributed by atoms with Crippen LogP contribution in [0.2, 0.25) is 0 Å². The molecule has 1 heterocycles. The lowest BCUT2D eigenvalue weighted by Crippen LogP contribution is -2.49. The zero-order chi connectivity index (χ0) is 12.1. The molecule has 0 saturated carbocycles. The molecule has 1 unspecified atom stereocenters. The van der Waals surface area contributed by atoms with Crippen molar-refractivity contribution in [3.05, 3.63) is 35.9 Å². The zero-order valence-corrected chi connectivity index (χ0v) is 10.5. The van der Waals surface area contributed by atoms with E-state index in [9.17, 15) is 5.11 Å². The monoisotopic (exact) mass is 233 g/mol. The first-order valence-electron chi connectivity index (χ1n) is 6.45. The fourth-order valence-electron chi connectivity index (χ4n) is 2.31. The average Bonchev–Trinajstić information content (AvgIpc) is 2.40. The normalized spacial score (nSPS) is 20.4. The Hall–Kier alpha value is -0.900. The van der Waals surface area contributed by atoms with Gasteiger partial charge in [0, 0.05) is 32.7 Å². The lowest BCUT2D eigenvalue weighted by Gasteiger charge is -2.36. The van der Waals surface area contributed by atoms with Gasteiger partial charge in [-0.05, 0) is 12.0 Å². The summed E-state index contributed by atoms with van der Waals surface area (Å²) in [5.41, 5.74) is 1.36. The fourth-order valence-corrected chi connectivity index (χ4v) is 2.31. The van der Waals surface area contributed by atoms with Crippen molar-refractivity contribution in [2.45, 2.75) is 26.1 Å². The van der Waals surface area contributed by atoms with E-state index in [4.69, 9.17) is 0 Å². The number of hydrogen-bond donors (Lipinski definition) is 0. The summed E-state index contributed by atoms with van der Waals surface area (Å²) < 4.78 is 0. The summed E-state index contributed by atoms with van der Waals surface area (Å²) >= 11 is 0. The molecule has 0 aliphatic carbocycles. The van der Waals surface area contributed by atoms with E-state index < -0.39 is 6.23 Å². The van der Waals surface area contributed by atoms with E-state index >= 15 is 0 Å². The molecule has 0 bridgehead atoms. The highest BCUT2D eigenvalue weighted by Crippen LogP contribution is 2.10. The van der Waals surface area contributed by atoms with Crippen molar-refractivity contribution in [1.82, 2.24) is 9.80 Å². The third-order valence-corrected chi connectivity index (χ3v) is 3.41. The van der Waals surface area contributed by atoms with Crippen LogP contribution in [0.25, 0.3) is 0 Å². The van der Waals surface area contributed by atoms with E-state index in [1.807, 2.05) is 13.0 Å². The summed E-state index contributed by atoms with van der Waals surface area (Å²) in [4.78, 5) is 4.48. The Labute approximate surface area is 104 Å². The van der Waals surface area contributed by atoms with Crippen LogP contribution >= 0.6 is 0 Å². The SMILES string of the molecule is CCC([O])N1CCN(Cc2ccccc2)CC1. The molecule has 0 amide bonds. The molecule has 17 heavy (non-hydrogen) atoms. The van der Waals surface area contributed by atoms with Crippen molar-refractivity contribution in [1.29, 1.82) is 0 Å². The van der Waals surface area contributed by atoms with E-state index in [1.165, 1.54) is 5.56 Å². The largest absolute Gasteiger partial charge is 0.297 e. The van der Waals surface area contributed by atoms with Crippen molar-refractivity contribution in [2.24, 2.45) is 0 Å². The fraction of sp³-hybridized carbons (Fsp3) is 0.571. The van der Waals surface area contributed by atoms with Crippen LogP contribution in [-0.4, -0.2) is 42.2 Å². The second-order valence-corrected chi connectivity index (χ2v) is 4.66. The van der Waals surface area contributed by atoms with Crippen LogP contribution in [0.15, 0.2) is 30.3 Å². The maximum absolute atomic E-state index is 11.6. The predicted octanol–water partition coefficient (Wildman–Crippen LogP) is 1.97. The summed E-state index contributed by atoms with van der Waals surface area (Å²) in [7, 11) is 0. The minimum absolute atomic E-state index is 0.506. The Morgan fingerprint density at radius 1 is 1.12 bits per heavy atom. The second-order valence-electron chi connectivity index (χ2n) is 4.66. The second kappa shape index (κ2) is 6.15. The van der Waals surface area contributed by atoms with Gasteiger partial charge in [0.1, 0.15) is 6.23 Å². The summed E-state index contributed by atoms with van der Waals surface area (Å²) in [6, 6.07) is 10.5. The summed E-state index contributed by atoms with van der Waals surface area (Å²) in [5.74, 6) is 0. The van der Waals surface area contributed by atoms with Crippen LogP contribution < -0.4 is 0 Å². The minimum atomic E-state index is -0.506. The highest BCUT2D eigenvalue weighted by Gasteiger charge is 2.21. The predicted molar refractivity (Wildman–Crippen MR) is 68.1 cm³/mol. The van der Waals surface area contributed by atoms with Gasteiger partial charge in [-0.15, -0.1) is 0 Å². The Morgan fingerprint density at radius 3 is 2.35 bits per heavy atom. The smallest absolute Gasteiger partial charge is 0.146 e. The highest BCUT2D eigenvalue weighted by molar-refractivity contribution is 5.14. The third kappa shape index (κ3) is 3.53. The van der Waals surface area contributed by atoms with Crippen molar-refractivity contribution < 1.29 is 5.11 Å². The van der Waals surface area contributed by atoms with E-state index in [0.717, 1.165) is 32.7 Å². The Kier molecular flexibility index (Phi) is 4.54. The van der Waals surface area contributed by atoms with Gasteiger partial charge in [-0.2, -0.15) is 0 Å². The quantitative estimate of drug-likeness (QED) is 0.795. The molecule has 1 saturated heterocycles. The molecule has 93 valence electrons. The molecule has 1 radical (unpaired) electrons. The molecule has 1 aliphatic rings. The number of piperazine rings is 1. The summed E-state index contributed by atoms with van der Waals surface area (Å²) in [5, 5.41) is 11.6. The highest BCUT2D eigenvalue weighted by atomic mass is 16.3. The summed E-state index contributed by atoms with van der Waals surface area (Å²) in [6.45, 7) is 6.81. The first-order chi connectivity index (χ1) is 8.29. The lowest BCUT2D eigenvalue weighted by molar-refractivity contribution is -0.0703. The Bertz CT molecular complexity index is 320. The van der Waals surface area contributed by atoms with Crippen LogP contribution in [-0.2, 0) is 11.7 Å². The molecule has 3 nitrogen and oxygen atoms in total. The van der Waals surface area contributed by atoms with Crippen LogP contribution in [0.1, 0.15) is 18.9 Å². The van der Waals surface area contributed by atoms with Crippen molar-refractivity contribution in [3.8, 4) is 0 Å². The average molecular weight is 233 g/mol. The first kappa shape index (κ1) is 12.6. The maximum atomic E-state index is 11.6. The van der Waals surface area contributed by atoms with E-state index in [-0.39, 0.29) is 0 Å². The molecule has 1 aromatic carbocycles. The molecule has 2 rings (SSSR count). The number of rotatable bonds is 4. The molecule has 0 spiro atoms. The minimum Gasteiger partial charge on any atom is -0.297 e. The van der Waals surface area contributed by atoms with E-state index in [0.29, 0.717) is 6.42 Å². The van der Waals surface area contributed by atoms with Crippen LogP contribution in [0.4, 0.5) is 0 Å². The summed E-state index contributed by atoms with van der Waals surface area (Å²) in [6.07, 6.45) is 0.201. The van der Waals surface area contributed by atoms with Gasteiger partial charge in [-0.1, -0.05) is 37.3 Å². The van der Waals surface area contributed by atoms with E-state index in [1.54, 1.807) is 0 Å². The molecule has 1 atom stereocenters. The maximum Gasteiger partial charge on any atom is 0.146 e. The van der Waals surface area contributed by atoms with Crippen molar-refractivity contribution in [3.63, 3.8) is 0 Å².